The summed E-state index contributed by atoms with van der Waals surface area (Å²) in [5.41, 5.74) is -0.196. The molecule has 346 valence electrons. The second kappa shape index (κ2) is 18.6. The molecule has 5 heterocycles. The van der Waals surface area contributed by atoms with Crippen LogP contribution in [0.4, 0.5) is 4.79 Å². The Hall–Kier alpha value is -4.74. The van der Waals surface area contributed by atoms with Crippen molar-refractivity contribution in [3.8, 4) is 11.6 Å². The van der Waals surface area contributed by atoms with E-state index in [1.165, 1.54) is 4.90 Å². The van der Waals surface area contributed by atoms with Gasteiger partial charge in [0.2, 0.25) is 27.7 Å². The first-order valence-electron chi connectivity index (χ1n) is 23.4. The minimum Gasteiger partial charge on any atom is -0.492 e. The first kappa shape index (κ1) is 44.5. The Morgan fingerprint density at radius 3 is 2.64 bits per heavy atom. The van der Waals surface area contributed by atoms with Gasteiger partial charge in [0.1, 0.15) is 35.6 Å². The van der Waals surface area contributed by atoms with Crippen molar-refractivity contribution in [1.82, 2.24) is 30.1 Å². The molecule has 5 fully saturated rings. The van der Waals surface area contributed by atoms with Gasteiger partial charge in [-0.25, -0.2) is 18.2 Å². The summed E-state index contributed by atoms with van der Waals surface area (Å²) in [5, 5.41) is 6.65. The van der Waals surface area contributed by atoms with Crippen LogP contribution in [-0.2, 0) is 33.9 Å². The average Bonchev–Trinajstić information content (AvgIpc) is 4.24. The fourth-order valence-corrected chi connectivity index (χ4v) is 11.0. The van der Waals surface area contributed by atoms with E-state index in [-0.39, 0.29) is 31.4 Å². The molecule has 7 atom stereocenters. The molecule has 16 nitrogen and oxygen atoms in total. The topological polar surface area (TPSA) is 195 Å². The maximum absolute atomic E-state index is 14.8. The first-order valence-corrected chi connectivity index (χ1v) is 24.9. The number of benzene rings is 1. The standard InChI is InChI=1S/C47H62N6O10S/c1-46(19-20-46)64(58,59)51-44(56)47-29-32(47)14-7-3-2-4-9-18-37-43(55)53-30-33(28-38(53)41(54)50-47)62-42-35(16-8-5-6-13-31-27-39(31)63-45(57)49-37)40(34-15-10-11-17-36(34)48-42)61-24-12-21-52-22-25-60-26-23-52/h7-8,10-11,14-17,31-33,37-39H,2-6,9,12-13,18-30H2,1H3,(H,49,57)(H,50,54)(H,51,56)/b14-7-,16-8+/t31-,32+,33-,37+,38+,39-,47-/m1/s1. The summed E-state index contributed by atoms with van der Waals surface area (Å²) < 4.78 is 52.7. The molecule has 9 rings (SSSR count). The Labute approximate surface area is 375 Å². The number of alkyl carbamates (subject to hydrolysis) is 1. The monoisotopic (exact) mass is 902 g/mol. The van der Waals surface area contributed by atoms with E-state index in [1.54, 1.807) is 6.92 Å². The van der Waals surface area contributed by atoms with Crippen molar-refractivity contribution < 1.29 is 46.5 Å². The molecule has 1 aromatic heterocycles. The number of hydrogen-bond acceptors (Lipinski definition) is 12. The lowest BCUT2D eigenvalue weighted by Crippen LogP contribution is -2.58. The summed E-state index contributed by atoms with van der Waals surface area (Å²) in [4.78, 5) is 65.8. The number of nitrogens with zero attached hydrogens (tertiary/aromatic N) is 3. The van der Waals surface area contributed by atoms with Crippen molar-refractivity contribution in [2.45, 2.75) is 131 Å². The van der Waals surface area contributed by atoms with Crippen molar-refractivity contribution in [2.24, 2.45) is 11.8 Å². The molecule has 17 heteroatoms. The molecule has 2 saturated heterocycles. The molecule has 3 aliphatic carbocycles. The van der Waals surface area contributed by atoms with Gasteiger partial charge in [0.25, 0.3) is 5.91 Å². The fraction of sp³-hybridized carbons (Fsp3) is 0.638. The summed E-state index contributed by atoms with van der Waals surface area (Å²) in [6.07, 6.45) is 14.8. The first-order chi connectivity index (χ1) is 30.9. The van der Waals surface area contributed by atoms with E-state index in [0.29, 0.717) is 61.4 Å². The highest BCUT2D eigenvalue weighted by Gasteiger charge is 2.63. The number of carbonyl (C=O) groups is 4. The van der Waals surface area contributed by atoms with E-state index in [4.69, 9.17) is 23.9 Å². The molecule has 64 heavy (non-hydrogen) atoms. The van der Waals surface area contributed by atoms with Crippen molar-refractivity contribution in [1.29, 1.82) is 0 Å². The zero-order chi connectivity index (χ0) is 44.5. The molecule has 4 amide bonds. The van der Waals surface area contributed by atoms with Gasteiger partial charge >= 0.3 is 6.09 Å². The third-order valence-electron chi connectivity index (χ3n) is 14.2. The van der Waals surface area contributed by atoms with Crippen LogP contribution >= 0.6 is 0 Å². The van der Waals surface area contributed by atoms with E-state index in [0.717, 1.165) is 83.2 Å². The number of nitrogens with one attached hydrogen (secondary N) is 3. The Bertz CT molecular complexity index is 2280. The van der Waals surface area contributed by atoms with Gasteiger partial charge in [0.15, 0.2) is 0 Å². The maximum Gasteiger partial charge on any atom is 0.408 e. The number of morpholine rings is 1. The van der Waals surface area contributed by atoms with E-state index in [2.05, 4.69) is 26.3 Å². The van der Waals surface area contributed by atoms with E-state index in [1.807, 2.05) is 42.5 Å². The minimum atomic E-state index is -4.01. The Morgan fingerprint density at radius 1 is 1.00 bits per heavy atom. The second-order valence-electron chi connectivity index (χ2n) is 19.0. The van der Waals surface area contributed by atoms with Gasteiger partial charge in [-0.05, 0) is 102 Å². The number of carbonyl (C=O) groups excluding carboxylic acids is 4. The minimum absolute atomic E-state index is 0.0164. The van der Waals surface area contributed by atoms with Crippen LogP contribution in [0, 0.1) is 11.8 Å². The van der Waals surface area contributed by atoms with Crippen LogP contribution < -0.4 is 24.8 Å². The number of sulfonamides is 1. The van der Waals surface area contributed by atoms with Crippen molar-refractivity contribution in [3.63, 3.8) is 0 Å². The van der Waals surface area contributed by atoms with E-state index in [9.17, 15) is 27.6 Å². The third kappa shape index (κ3) is 9.76. The lowest BCUT2D eigenvalue weighted by atomic mass is 10.0. The molecule has 0 spiro atoms. The normalized spacial score (nSPS) is 32.0. The van der Waals surface area contributed by atoms with Crippen LogP contribution in [0.1, 0.15) is 102 Å². The molecule has 1 aromatic carbocycles. The molecular formula is C47H62N6O10S. The predicted octanol–water partition coefficient (Wildman–Crippen LogP) is 4.76. The zero-order valence-electron chi connectivity index (χ0n) is 36.8. The van der Waals surface area contributed by atoms with Gasteiger partial charge in [0.05, 0.1) is 42.2 Å². The molecule has 4 aliphatic heterocycles. The average molecular weight is 903 g/mol. The van der Waals surface area contributed by atoms with Crippen LogP contribution in [0.3, 0.4) is 0 Å². The SMILES string of the molecule is CC1(S(=O)(=O)NC(=O)[C@@]23C[C@@H]2/C=C\CCCCC[C@@H]2NC(=O)O[C@@H]4C[C@H]4CCC/C=C/c4c(nc5ccccc5c4OCCCN4CCOCC4)O[C@@H]4C[C@@H](C(=O)N3)N(C4)C2=O)CC1. The molecular weight excluding hydrogens is 841 g/mol. The lowest BCUT2D eigenvalue weighted by Gasteiger charge is -2.30. The Morgan fingerprint density at radius 2 is 1.81 bits per heavy atom. The van der Waals surface area contributed by atoms with Crippen molar-refractivity contribution in [3.05, 3.63) is 48.1 Å². The van der Waals surface area contributed by atoms with Gasteiger partial charge in [-0.15, -0.1) is 0 Å². The van der Waals surface area contributed by atoms with Crippen LogP contribution in [0.2, 0.25) is 0 Å². The predicted molar refractivity (Wildman–Crippen MR) is 238 cm³/mol. The van der Waals surface area contributed by atoms with E-state index < -0.39 is 68.2 Å². The van der Waals surface area contributed by atoms with Crippen LogP contribution in [-0.4, -0.2) is 128 Å². The summed E-state index contributed by atoms with van der Waals surface area (Å²) in [7, 11) is -4.01. The van der Waals surface area contributed by atoms with Crippen LogP contribution in [0.5, 0.6) is 11.6 Å². The summed E-state index contributed by atoms with van der Waals surface area (Å²) in [5.74, 6) is -1.13. The van der Waals surface area contributed by atoms with Gasteiger partial charge < -0.3 is 34.5 Å². The maximum atomic E-state index is 14.8. The van der Waals surface area contributed by atoms with Gasteiger partial charge in [0, 0.05) is 37.4 Å². The summed E-state index contributed by atoms with van der Waals surface area (Å²) >= 11 is 0. The second-order valence-corrected chi connectivity index (χ2v) is 21.2. The number of allylic oxidation sites excluding steroid dienone is 2. The van der Waals surface area contributed by atoms with Crippen LogP contribution in [0.15, 0.2) is 42.5 Å². The number of para-hydroxylation sites is 1. The quantitative estimate of drug-likeness (QED) is 0.243. The highest BCUT2D eigenvalue weighted by atomic mass is 32.2. The number of amides is 4. The fourth-order valence-electron chi connectivity index (χ4n) is 9.64. The lowest BCUT2D eigenvalue weighted by molar-refractivity contribution is -0.141. The van der Waals surface area contributed by atoms with Gasteiger partial charge in [-0.2, -0.15) is 0 Å². The van der Waals surface area contributed by atoms with Crippen molar-refractivity contribution >= 4 is 50.8 Å². The molecule has 0 radical (unpaired) electrons. The zero-order valence-corrected chi connectivity index (χ0v) is 37.6. The third-order valence-corrected chi connectivity index (χ3v) is 16.4. The smallest absolute Gasteiger partial charge is 0.408 e. The summed E-state index contributed by atoms with van der Waals surface area (Å²) in [6.45, 7) is 6.14. The van der Waals surface area contributed by atoms with Gasteiger partial charge in [-0.3, -0.25) is 24.0 Å². The molecule has 3 bridgehead atoms. The number of ether oxygens (including phenoxy) is 4. The Balaban J connectivity index is 1.05. The molecule has 2 aromatic rings. The number of rotatable bonds is 8. The number of fused-ring (bicyclic) bond motifs is 6. The Kier molecular flexibility index (Phi) is 12.9. The number of aromatic nitrogens is 1. The molecule has 3 N–H and O–H groups in total. The van der Waals surface area contributed by atoms with Crippen molar-refractivity contribution in [2.75, 3.05) is 46.0 Å². The number of hydrogen-bond donors (Lipinski definition) is 3. The van der Waals surface area contributed by atoms with Crippen LogP contribution in [0.25, 0.3) is 17.0 Å². The highest BCUT2D eigenvalue weighted by molar-refractivity contribution is 7.91. The number of pyridine rings is 1. The van der Waals surface area contributed by atoms with E-state index >= 15 is 0 Å². The molecule has 3 saturated carbocycles. The van der Waals surface area contributed by atoms with Gasteiger partial charge in [-0.1, -0.05) is 43.2 Å². The molecule has 7 aliphatic rings. The molecule has 0 unspecified atom stereocenters. The highest BCUT2D eigenvalue weighted by Crippen LogP contribution is 2.48. The largest absolute Gasteiger partial charge is 0.492 e. The summed E-state index contributed by atoms with van der Waals surface area (Å²) in [6, 6.07) is 5.64.